The Labute approximate surface area is 164 Å². The Kier molecular flexibility index (Phi) is 4.75. The number of ketones is 1. The molecule has 0 saturated heterocycles. The number of halogens is 1. The zero-order valence-electron chi connectivity index (χ0n) is 16.3. The molecule has 1 heterocycles. The first-order valence-electron chi connectivity index (χ1n) is 9.47. The van der Waals surface area contributed by atoms with E-state index in [0.29, 0.717) is 0 Å². The third kappa shape index (κ3) is 3.21. The first-order chi connectivity index (χ1) is 13.5. The molecule has 2 aromatic carbocycles. The molecule has 0 N–H and O–H groups in total. The molecule has 2 aromatic rings. The molecule has 0 saturated carbocycles. The summed E-state index contributed by atoms with van der Waals surface area (Å²) in [6, 6.07) is 12.6. The van der Waals surface area contributed by atoms with Crippen LogP contribution >= 0.6 is 0 Å². The Bertz CT molecular complexity index is 979. The molecule has 0 amide bonds. The van der Waals surface area contributed by atoms with Gasteiger partial charge in [0.2, 0.25) is 0 Å². The maximum atomic E-state index is 13.5. The number of benzene rings is 2. The number of carbonyl (C=O) groups is 1. The highest BCUT2D eigenvalue weighted by Crippen LogP contribution is 2.45. The van der Waals surface area contributed by atoms with Gasteiger partial charge in [-0.1, -0.05) is 12.1 Å². The Morgan fingerprint density at radius 2 is 1.96 bits per heavy atom. The summed E-state index contributed by atoms with van der Waals surface area (Å²) < 4.78 is 18.9. The highest BCUT2D eigenvalue weighted by atomic mass is 19.1. The highest BCUT2D eigenvalue weighted by Gasteiger charge is 2.42. The maximum Gasteiger partial charge on any atom is 0.154 e. The average Bonchev–Trinajstić information content (AvgIpc) is 3.07. The summed E-state index contributed by atoms with van der Waals surface area (Å²) in [5, 5.41) is 6.86. The van der Waals surface area contributed by atoms with E-state index in [9.17, 15) is 9.18 Å². The number of nitrogens with zero attached hydrogens (tertiary/aromatic N) is 2. The van der Waals surface area contributed by atoms with Gasteiger partial charge in [0.15, 0.2) is 5.78 Å². The molecule has 0 unspecified atom stereocenters. The van der Waals surface area contributed by atoms with Crippen molar-refractivity contribution >= 4 is 11.5 Å². The molecule has 28 heavy (non-hydrogen) atoms. The minimum Gasteiger partial charge on any atom is -0.497 e. The number of hydrogen-bond acceptors (Lipinski definition) is 4. The fraction of sp³-hybridized carbons (Fsp3) is 0.304. The Balaban J connectivity index is 1.81. The minimum absolute atomic E-state index is 0.0180. The van der Waals surface area contributed by atoms with E-state index < -0.39 is 0 Å². The van der Waals surface area contributed by atoms with Crippen LogP contribution in [0.4, 0.5) is 4.39 Å². The van der Waals surface area contributed by atoms with E-state index in [0.717, 1.165) is 41.1 Å². The van der Waals surface area contributed by atoms with Gasteiger partial charge in [0.25, 0.3) is 0 Å². The van der Waals surface area contributed by atoms with Gasteiger partial charge < -0.3 is 4.74 Å². The minimum atomic E-state index is -0.258. The molecule has 2 aliphatic rings. The number of hydrazone groups is 1. The monoisotopic (exact) mass is 378 g/mol. The third-order valence-corrected chi connectivity index (χ3v) is 5.51. The molecule has 4 nitrogen and oxygen atoms in total. The average molecular weight is 378 g/mol. The molecule has 144 valence electrons. The second kappa shape index (κ2) is 7.23. The zero-order chi connectivity index (χ0) is 19.8. The molecule has 0 fully saturated rings. The van der Waals surface area contributed by atoms with Gasteiger partial charge in [-0.25, -0.2) is 4.39 Å². The normalized spacial score (nSPS) is 21.1. The topological polar surface area (TPSA) is 41.9 Å². The fourth-order valence-electron chi connectivity index (χ4n) is 4.28. The SMILES string of the molecule is COc1ccc2c(c1)CC[C@@H]1C2=NN(C(C)=CC(C)=O)[C@@H]1c1ccc(F)cc1. The van der Waals surface area contributed by atoms with E-state index in [2.05, 4.69) is 12.1 Å². The van der Waals surface area contributed by atoms with Crippen LogP contribution < -0.4 is 4.74 Å². The predicted molar refractivity (Wildman–Crippen MR) is 107 cm³/mol. The van der Waals surface area contributed by atoms with Crippen molar-refractivity contribution in [2.75, 3.05) is 7.11 Å². The van der Waals surface area contributed by atoms with Crippen molar-refractivity contribution in [1.29, 1.82) is 0 Å². The molecule has 0 radical (unpaired) electrons. The summed E-state index contributed by atoms with van der Waals surface area (Å²) in [6.45, 7) is 3.43. The van der Waals surface area contributed by atoms with Crippen LogP contribution in [0.2, 0.25) is 0 Å². The van der Waals surface area contributed by atoms with Crippen molar-refractivity contribution in [2.24, 2.45) is 11.0 Å². The second-order valence-corrected chi connectivity index (χ2v) is 7.39. The number of allylic oxidation sites excluding steroid dienone is 2. The van der Waals surface area contributed by atoms with Gasteiger partial charge in [0, 0.05) is 23.3 Å². The van der Waals surface area contributed by atoms with Crippen LogP contribution in [-0.2, 0) is 11.2 Å². The van der Waals surface area contributed by atoms with Crippen molar-refractivity contribution < 1.29 is 13.9 Å². The molecule has 1 aliphatic heterocycles. The number of fused-ring (bicyclic) bond motifs is 3. The van der Waals surface area contributed by atoms with E-state index >= 15 is 0 Å². The summed E-state index contributed by atoms with van der Waals surface area (Å²) in [5.74, 6) is 0.749. The summed E-state index contributed by atoms with van der Waals surface area (Å²) in [4.78, 5) is 11.7. The van der Waals surface area contributed by atoms with Gasteiger partial charge in [-0.3, -0.25) is 9.80 Å². The molecule has 4 rings (SSSR count). The fourth-order valence-corrected chi connectivity index (χ4v) is 4.28. The number of rotatable bonds is 4. The largest absolute Gasteiger partial charge is 0.497 e. The van der Waals surface area contributed by atoms with Crippen LogP contribution in [-0.4, -0.2) is 23.6 Å². The standard InChI is InChI=1S/C23H23FN2O2/c1-14(12-15(2)27)26-23(16-4-7-18(24)8-5-16)21-10-6-17-13-19(28-3)9-11-20(17)22(21)25-26/h4-5,7-9,11-13,21,23H,6,10H2,1-3H3/t21-,23-/m1/s1. The van der Waals surface area contributed by atoms with Gasteiger partial charge in [0.1, 0.15) is 11.6 Å². The molecular formula is C23H23FN2O2. The lowest BCUT2D eigenvalue weighted by atomic mass is 9.77. The van der Waals surface area contributed by atoms with Gasteiger partial charge >= 0.3 is 0 Å². The van der Waals surface area contributed by atoms with Crippen LogP contribution in [0.15, 0.2) is 59.3 Å². The molecular weight excluding hydrogens is 355 g/mol. The van der Waals surface area contributed by atoms with Crippen LogP contribution in [0.3, 0.4) is 0 Å². The van der Waals surface area contributed by atoms with Crippen LogP contribution in [0, 0.1) is 11.7 Å². The smallest absolute Gasteiger partial charge is 0.154 e. The zero-order valence-corrected chi connectivity index (χ0v) is 16.3. The van der Waals surface area contributed by atoms with Crippen LogP contribution in [0.1, 0.15) is 43.0 Å². The van der Waals surface area contributed by atoms with Crippen LogP contribution in [0.25, 0.3) is 0 Å². The summed E-state index contributed by atoms with van der Waals surface area (Å²) in [5.41, 5.74) is 5.16. The van der Waals surface area contributed by atoms with Crippen molar-refractivity contribution in [1.82, 2.24) is 5.01 Å². The van der Waals surface area contributed by atoms with E-state index in [4.69, 9.17) is 9.84 Å². The Hall–Kier alpha value is -2.95. The number of carbonyl (C=O) groups excluding carboxylic acids is 1. The van der Waals surface area contributed by atoms with E-state index in [1.807, 2.05) is 30.1 Å². The molecule has 0 spiro atoms. The van der Waals surface area contributed by atoms with E-state index in [1.54, 1.807) is 13.2 Å². The van der Waals surface area contributed by atoms with Gasteiger partial charge in [-0.05, 0) is 68.1 Å². The van der Waals surface area contributed by atoms with Crippen molar-refractivity contribution in [2.45, 2.75) is 32.7 Å². The number of ether oxygens (including phenoxy) is 1. The number of methoxy groups -OCH3 is 1. The van der Waals surface area contributed by atoms with Crippen molar-refractivity contribution in [3.63, 3.8) is 0 Å². The number of aryl methyl sites for hydroxylation is 1. The molecule has 5 heteroatoms. The van der Waals surface area contributed by atoms with Crippen molar-refractivity contribution in [3.8, 4) is 5.75 Å². The molecule has 1 aliphatic carbocycles. The van der Waals surface area contributed by atoms with E-state index in [1.165, 1.54) is 24.6 Å². The summed E-state index contributed by atoms with van der Waals surface area (Å²) >= 11 is 0. The Morgan fingerprint density at radius 1 is 1.21 bits per heavy atom. The first-order valence-corrected chi connectivity index (χ1v) is 9.47. The van der Waals surface area contributed by atoms with Crippen LogP contribution in [0.5, 0.6) is 5.75 Å². The lowest BCUT2D eigenvalue weighted by Crippen LogP contribution is -2.28. The lowest BCUT2D eigenvalue weighted by molar-refractivity contribution is -0.112. The first kappa shape index (κ1) is 18.4. The summed E-state index contributed by atoms with van der Waals surface area (Å²) in [6.07, 6.45) is 3.47. The second-order valence-electron chi connectivity index (χ2n) is 7.39. The van der Waals surface area contributed by atoms with Gasteiger partial charge in [-0.15, -0.1) is 0 Å². The predicted octanol–water partition coefficient (Wildman–Crippen LogP) is 4.65. The lowest BCUT2D eigenvalue weighted by Gasteiger charge is -2.31. The Morgan fingerprint density at radius 3 is 2.64 bits per heavy atom. The summed E-state index contributed by atoms with van der Waals surface area (Å²) in [7, 11) is 1.67. The molecule has 0 aromatic heterocycles. The highest BCUT2D eigenvalue weighted by molar-refractivity contribution is 6.06. The third-order valence-electron chi connectivity index (χ3n) is 5.51. The quantitative estimate of drug-likeness (QED) is 0.727. The van der Waals surface area contributed by atoms with Gasteiger partial charge in [-0.2, -0.15) is 5.10 Å². The maximum absolute atomic E-state index is 13.5. The van der Waals surface area contributed by atoms with Gasteiger partial charge in [0.05, 0.1) is 18.9 Å². The van der Waals surface area contributed by atoms with Crippen molar-refractivity contribution in [3.05, 3.63) is 76.7 Å². The molecule has 0 bridgehead atoms. The van der Waals surface area contributed by atoms with E-state index in [-0.39, 0.29) is 23.6 Å². The molecule has 2 atom stereocenters. The number of hydrogen-bond donors (Lipinski definition) is 0.